The summed E-state index contributed by atoms with van der Waals surface area (Å²) >= 11 is 0. The van der Waals surface area contributed by atoms with Crippen LogP contribution >= 0.6 is 0 Å². The second kappa shape index (κ2) is 5.97. The van der Waals surface area contributed by atoms with Gasteiger partial charge in [0.2, 0.25) is 0 Å². The SMILES string of the molecule is C[C@H](NC1CCCOCC1)c1ccncc1. The second-order valence-corrected chi connectivity index (χ2v) is 4.41. The zero-order chi connectivity index (χ0) is 11.2. The highest BCUT2D eigenvalue weighted by Gasteiger charge is 2.15. The van der Waals surface area contributed by atoms with Crippen molar-refractivity contribution in [1.82, 2.24) is 10.3 Å². The molecule has 1 aromatic heterocycles. The lowest BCUT2D eigenvalue weighted by atomic mass is 10.1. The first kappa shape index (κ1) is 11.6. The third-order valence-electron chi connectivity index (χ3n) is 3.14. The van der Waals surface area contributed by atoms with Gasteiger partial charge in [-0.3, -0.25) is 4.98 Å². The van der Waals surface area contributed by atoms with Crippen molar-refractivity contribution in [3.8, 4) is 0 Å². The van der Waals surface area contributed by atoms with Gasteiger partial charge in [-0.25, -0.2) is 0 Å². The summed E-state index contributed by atoms with van der Waals surface area (Å²) < 4.78 is 5.46. The fourth-order valence-corrected chi connectivity index (χ4v) is 2.17. The van der Waals surface area contributed by atoms with Gasteiger partial charge in [0.05, 0.1) is 0 Å². The predicted octanol–water partition coefficient (Wildman–Crippen LogP) is 2.30. The first-order valence-electron chi connectivity index (χ1n) is 6.10. The minimum absolute atomic E-state index is 0.395. The van der Waals surface area contributed by atoms with Crippen LogP contribution in [0.15, 0.2) is 24.5 Å². The van der Waals surface area contributed by atoms with Crippen LogP contribution in [0.1, 0.15) is 37.8 Å². The molecule has 2 atom stereocenters. The largest absolute Gasteiger partial charge is 0.381 e. The van der Waals surface area contributed by atoms with Crippen molar-refractivity contribution in [2.75, 3.05) is 13.2 Å². The Balaban J connectivity index is 1.88. The zero-order valence-corrected chi connectivity index (χ0v) is 9.86. The van der Waals surface area contributed by atoms with Gasteiger partial charge in [0, 0.05) is 37.7 Å². The van der Waals surface area contributed by atoms with Crippen LogP contribution < -0.4 is 5.32 Å². The van der Waals surface area contributed by atoms with Gasteiger partial charge in [-0.1, -0.05) is 0 Å². The average Bonchev–Trinajstić information content (AvgIpc) is 2.59. The van der Waals surface area contributed by atoms with Crippen LogP contribution in [0.5, 0.6) is 0 Å². The molecule has 0 aliphatic carbocycles. The van der Waals surface area contributed by atoms with Gasteiger partial charge in [0.25, 0.3) is 0 Å². The van der Waals surface area contributed by atoms with E-state index in [1.165, 1.54) is 18.4 Å². The summed E-state index contributed by atoms with van der Waals surface area (Å²) in [4.78, 5) is 4.04. The van der Waals surface area contributed by atoms with Crippen LogP contribution in [0.4, 0.5) is 0 Å². The van der Waals surface area contributed by atoms with Gasteiger partial charge in [0.15, 0.2) is 0 Å². The lowest BCUT2D eigenvalue weighted by Gasteiger charge is -2.21. The molecule has 1 unspecified atom stereocenters. The Morgan fingerprint density at radius 1 is 1.31 bits per heavy atom. The molecule has 0 saturated carbocycles. The molecule has 1 aliphatic heterocycles. The minimum atomic E-state index is 0.395. The average molecular weight is 220 g/mol. The third kappa shape index (κ3) is 3.29. The quantitative estimate of drug-likeness (QED) is 0.848. The van der Waals surface area contributed by atoms with Crippen LogP contribution in [0.2, 0.25) is 0 Å². The molecule has 1 N–H and O–H groups in total. The maximum atomic E-state index is 5.46. The smallest absolute Gasteiger partial charge is 0.0480 e. The summed E-state index contributed by atoms with van der Waals surface area (Å²) in [6, 6.07) is 5.13. The minimum Gasteiger partial charge on any atom is -0.381 e. The molecular formula is C13H20N2O. The number of aromatic nitrogens is 1. The molecule has 0 amide bonds. The number of rotatable bonds is 3. The predicted molar refractivity (Wildman–Crippen MR) is 64.2 cm³/mol. The van der Waals surface area contributed by atoms with Crippen molar-refractivity contribution < 1.29 is 4.74 Å². The Kier molecular flexibility index (Phi) is 4.31. The molecule has 1 aliphatic rings. The highest BCUT2D eigenvalue weighted by Crippen LogP contribution is 2.15. The summed E-state index contributed by atoms with van der Waals surface area (Å²) in [5, 5.41) is 3.67. The molecule has 1 saturated heterocycles. The van der Waals surface area contributed by atoms with Crippen LogP contribution in [0.3, 0.4) is 0 Å². The normalized spacial score (nSPS) is 23.7. The summed E-state index contributed by atoms with van der Waals surface area (Å²) in [7, 11) is 0. The topological polar surface area (TPSA) is 34.1 Å². The van der Waals surface area contributed by atoms with Crippen molar-refractivity contribution >= 4 is 0 Å². The summed E-state index contributed by atoms with van der Waals surface area (Å²) in [5.41, 5.74) is 1.31. The molecule has 88 valence electrons. The van der Waals surface area contributed by atoms with Crippen molar-refractivity contribution in [3.05, 3.63) is 30.1 Å². The van der Waals surface area contributed by atoms with E-state index < -0.39 is 0 Å². The van der Waals surface area contributed by atoms with Crippen LogP contribution in [-0.4, -0.2) is 24.2 Å². The Hall–Kier alpha value is -0.930. The Bertz CT molecular complexity index is 294. The maximum absolute atomic E-state index is 5.46. The molecule has 16 heavy (non-hydrogen) atoms. The first-order valence-corrected chi connectivity index (χ1v) is 6.10. The van der Waals surface area contributed by atoms with Gasteiger partial charge in [-0.2, -0.15) is 0 Å². The van der Waals surface area contributed by atoms with Crippen molar-refractivity contribution in [2.45, 2.75) is 38.3 Å². The van der Waals surface area contributed by atoms with E-state index in [4.69, 9.17) is 4.74 Å². The monoisotopic (exact) mass is 220 g/mol. The number of hydrogen-bond acceptors (Lipinski definition) is 3. The van der Waals surface area contributed by atoms with Crippen molar-refractivity contribution in [1.29, 1.82) is 0 Å². The third-order valence-corrected chi connectivity index (χ3v) is 3.14. The molecule has 2 rings (SSSR count). The number of hydrogen-bond donors (Lipinski definition) is 1. The zero-order valence-electron chi connectivity index (χ0n) is 9.86. The maximum Gasteiger partial charge on any atom is 0.0480 e. The fourth-order valence-electron chi connectivity index (χ4n) is 2.17. The number of nitrogens with one attached hydrogen (secondary N) is 1. The lowest BCUT2D eigenvalue weighted by Crippen LogP contribution is -2.31. The van der Waals surface area contributed by atoms with Crippen molar-refractivity contribution in [3.63, 3.8) is 0 Å². The summed E-state index contributed by atoms with van der Waals surface area (Å²) in [6.45, 7) is 4.02. The van der Waals surface area contributed by atoms with E-state index in [0.717, 1.165) is 19.6 Å². The number of nitrogens with zero attached hydrogens (tertiary/aromatic N) is 1. The number of pyridine rings is 1. The summed E-state index contributed by atoms with van der Waals surface area (Å²) in [5.74, 6) is 0. The summed E-state index contributed by atoms with van der Waals surface area (Å²) in [6.07, 6.45) is 7.21. The van der Waals surface area contributed by atoms with Gasteiger partial charge in [-0.05, 0) is 43.9 Å². The number of ether oxygens (including phenoxy) is 1. The van der Waals surface area contributed by atoms with Crippen LogP contribution in [0.25, 0.3) is 0 Å². The van der Waals surface area contributed by atoms with E-state index in [1.54, 1.807) is 0 Å². The van der Waals surface area contributed by atoms with E-state index in [-0.39, 0.29) is 0 Å². The van der Waals surface area contributed by atoms with Crippen LogP contribution in [0, 0.1) is 0 Å². The first-order chi connectivity index (χ1) is 7.86. The molecular weight excluding hydrogens is 200 g/mol. The van der Waals surface area contributed by atoms with Gasteiger partial charge in [0.1, 0.15) is 0 Å². The van der Waals surface area contributed by atoms with Gasteiger partial charge < -0.3 is 10.1 Å². The van der Waals surface area contributed by atoms with E-state index in [9.17, 15) is 0 Å². The van der Waals surface area contributed by atoms with Gasteiger partial charge >= 0.3 is 0 Å². The fraction of sp³-hybridized carbons (Fsp3) is 0.615. The lowest BCUT2D eigenvalue weighted by molar-refractivity contribution is 0.142. The van der Waals surface area contributed by atoms with E-state index >= 15 is 0 Å². The molecule has 0 bridgehead atoms. The van der Waals surface area contributed by atoms with Crippen LogP contribution in [-0.2, 0) is 4.74 Å². The molecule has 1 fully saturated rings. The highest BCUT2D eigenvalue weighted by molar-refractivity contribution is 5.14. The van der Waals surface area contributed by atoms with E-state index in [1.807, 2.05) is 12.4 Å². The Labute approximate surface area is 97.2 Å². The molecule has 0 aromatic carbocycles. The molecule has 3 heteroatoms. The molecule has 0 radical (unpaired) electrons. The molecule has 2 heterocycles. The Morgan fingerprint density at radius 2 is 2.12 bits per heavy atom. The molecule has 0 spiro atoms. The van der Waals surface area contributed by atoms with E-state index in [0.29, 0.717) is 12.1 Å². The van der Waals surface area contributed by atoms with E-state index in [2.05, 4.69) is 29.4 Å². The molecule has 3 nitrogen and oxygen atoms in total. The highest BCUT2D eigenvalue weighted by atomic mass is 16.5. The van der Waals surface area contributed by atoms with Crippen molar-refractivity contribution in [2.24, 2.45) is 0 Å². The molecule has 1 aromatic rings. The second-order valence-electron chi connectivity index (χ2n) is 4.41. The Morgan fingerprint density at radius 3 is 2.94 bits per heavy atom. The van der Waals surface area contributed by atoms with Gasteiger partial charge in [-0.15, -0.1) is 0 Å². The standard InChI is InChI=1S/C13H20N2O/c1-11(12-4-7-14-8-5-12)15-13-3-2-9-16-10-6-13/h4-5,7-8,11,13,15H,2-3,6,9-10H2,1H3/t11-,13?/m0/s1.